The molecule has 1 fully saturated rings. The molecule has 0 unspecified atom stereocenters. The van der Waals surface area contributed by atoms with Crippen molar-refractivity contribution < 1.29 is 4.74 Å². The lowest BCUT2D eigenvalue weighted by molar-refractivity contribution is 0.0947. The highest BCUT2D eigenvalue weighted by Gasteiger charge is 2.24. The van der Waals surface area contributed by atoms with E-state index in [2.05, 4.69) is 45.2 Å². The summed E-state index contributed by atoms with van der Waals surface area (Å²) in [6.07, 6.45) is 6.64. The minimum Gasteiger partial charge on any atom is -0.376 e. The molecular weight excluding hydrogens is 412 g/mol. The van der Waals surface area contributed by atoms with Crippen LogP contribution in [0.5, 0.6) is 0 Å². The predicted octanol–water partition coefficient (Wildman–Crippen LogP) is 4.36. The first-order chi connectivity index (χ1) is 12.7. The molecule has 1 aliphatic heterocycles. The van der Waals surface area contributed by atoms with Crippen LogP contribution >= 0.6 is 27.7 Å². The van der Waals surface area contributed by atoms with Crippen molar-refractivity contribution in [2.24, 2.45) is 0 Å². The van der Waals surface area contributed by atoms with Gasteiger partial charge in [-0.15, -0.1) is 11.8 Å². The van der Waals surface area contributed by atoms with Crippen molar-refractivity contribution in [3.05, 3.63) is 56.0 Å². The van der Waals surface area contributed by atoms with Crippen molar-refractivity contribution in [1.29, 1.82) is 0 Å². The van der Waals surface area contributed by atoms with Gasteiger partial charge in [-0.3, -0.25) is 4.57 Å². The molecule has 0 amide bonds. The zero-order valence-corrected chi connectivity index (χ0v) is 17.2. The summed E-state index contributed by atoms with van der Waals surface area (Å²) in [5.74, 6) is 0.835. The molecule has 2 aliphatic rings. The Bertz CT molecular complexity index is 829. The van der Waals surface area contributed by atoms with Crippen LogP contribution in [0.15, 0.2) is 38.6 Å². The van der Waals surface area contributed by atoms with Crippen molar-refractivity contribution in [2.45, 2.75) is 62.0 Å². The van der Waals surface area contributed by atoms with Crippen LogP contribution in [0.4, 0.5) is 0 Å². The first-order valence-corrected chi connectivity index (χ1v) is 11.1. The SMILES string of the molecule is O=c1nc(SCc2ccc(Br)cc2)c2c(n1C[C@@H]1CCCO1)CCCC2. The second kappa shape index (κ2) is 8.28. The van der Waals surface area contributed by atoms with E-state index in [1.165, 1.54) is 23.2 Å². The van der Waals surface area contributed by atoms with Crippen molar-refractivity contribution in [1.82, 2.24) is 9.55 Å². The number of fused-ring (bicyclic) bond motifs is 1. The van der Waals surface area contributed by atoms with Gasteiger partial charge in [-0.05, 0) is 56.2 Å². The molecule has 6 heteroatoms. The summed E-state index contributed by atoms with van der Waals surface area (Å²) in [4.78, 5) is 17.2. The van der Waals surface area contributed by atoms with Crippen molar-refractivity contribution in [3.63, 3.8) is 0 Å². The Kier molecular flexibility index (Phi) is 5.81. The van der Waals surface area contributed by atoms with Crippen LogP contribution in [0.2, 0.25) is 0 Å². The van der Waals surface area contributed by atoms with Crippen LogP contribution < -0.4 is 5.69 Å². The van der Waals surface area contributed by atoms with Gasteiger partial charge in [0.25, 0.3) is 0 Å². The average Bonchev–Trinajstić information content (AvgIpc) is 3.17. The molecule has 0 saturated carbocycles. The summed E-state index contributed by atoms with van der Waals surface area (Å²) in [5.41, 5.74) is 3.62. The summed E-state index contributed by atoms with van der Waals surface area (Å²) < 4.78 is 8.73. The summed E-state index contributed by atoms with van der Waals surface area (Å²) >= 11 is 5.16. The number of thioether (sulfide) groups is 1. The minimum atomic E-state index is -0.112. The highest BCUT2D eigenvalue weighted by Crippen LogP contribution is 2.31. The van der Waals surface area contributed by atoms with Crippen LogP contribution in [0, 0.1) is 0 Å². The third-order valence-corrected chi connectivity index (χ3v) is 6.77. The second-order valence-electron chi connectivity index (χ2n) is 6.99. The van der Waals surface area contributed by atoms with Gasteiger partial charge in [0, 0.05) is 28.1 Å². The lowest BCUT2D eigenvalue weighted by atomic mass is 9.97. The number of rotatable bonds is 5. The highest BCUT2D eigenvalue weighted by atomic mass is 79.9. The molecule has 1 aromatic heterocycles. The molecule has 1 aromatic carbocycles. The summed E-state index contributed by atoms with van der Waals surface area (Å²) in [6.45, 7) is 1.47. The van der Waals surface area contributed by atoms with E-state index in [9.17, 15) is 4.79 Å². The van der Waals surface area contributed by atoms with Gasteiger partial charge in [-0.1, -0.05) is 28.1 Å². The van der Waals surface area contributed by atoms with E-state index in [1.807, 2.05) is 4.57 Å². The van der Waals surface area contributed by atoms with E-state index in [0.717, 1.165) is 54.0 Å². The average molecular weight is 435 g/mol. The van der Waals surface area contributed by atoms with Crippen LogP contribution in [0.1, 0.15) is 42.5 Å². The van der Waals surface area contributed by atoms with Crippen molar-refractivity contribution in [3.8, 4) is 0 Å². The number of hydrogen-bond donors (Lipinski definition) is 0. The summed E-state index contributed by atoms with van der Waals surface area (Å²) in [7, 11) is 0. The molecule has 1 aliphatic carbocycles. The molecule has 0 radical (unpaired) electrons. The topological polar surface area (TPSA) is 44.1 Å². The molecule has 0 N–H and O–H groups in total. The van der Waals surface area contributed by atoms with Gasteiger partial charge in [-0.2, -0.15) is 4.98 Å². The van der Waals surface area contributed by atoms with E-state index in [1.54, 1.807) is 11.8 Å². The zero-order valence-electron chi connectivity index (χ0n) is 14.7. The Hall–Kier alpha value is -1.11. The number of nitrogens with zero attached hydrogens (tertiary/aromatic N) is 2. The first-order valence-electron chi connectivity index (χ1n) is 9.32. The Labute approximate surface area is 166 Å². The van der Waals surface area contributed by atoms with Crippen molar-refractivity contribution >= 4 is 27.7 Å². The van der Waals surface area contributed by atoms with E-state index in [-0.39, 0.29) is 11.8 Å². The van der Waals surface area contributed by atoms with Crippen LogP contribution in [-0.2, 0) is 29.9 Å². The minimum absolute atomic E-state index is 0.112. The van der Waals surface area contributed by atoms with E-state index in [4.69, 9.17) is 4.74 Å². The maximum atomic E-state index is 12.7. The van der Waals surface area contributed by atoms with Gasteiger partial charge in [0.05, 0.1) is 12.6 Å². The molecule has 2 aromatic rings. The van der Waals surface area contributed by atoms with Gasteiger partial charge in [0.15, 0.2) is 0 Å². The molecule has 4 nitrogen and oxygen atoms in total. The quantitative estimate of drug-likeness (QED) is 0.517. The third kappa shape index (κ3) is 4.07. The standard InChI is InChI=1S/C20H23BrN2O2S/c21-15-9-7-14(8-10-15)13-26-19-17-5-1-2-6-18(17)23(20(24)22-19)12-16-4-3-11-25-16/h7-10,16H,1-6,11-13H2/t16-/m0/s1. The molecule has 1 saturated heterocycles. The van der Waals surface area contributed by atoms with E-state index < -0.39 is 0 Å². The Morgan fingerprint density at radius 2 is 2.00 bits per heavy atom. The zero-order chi connectivity index (χ0) is 17.9. The Balaban J connectivity index is 1.59. The monoisotopic (exact) mass is 434 g/mol. The molecule has 0 bridgehead atoms. The second-order valence-corrected chi connectivity index (χ2v) is 8.87. The number of benzene rings is 1. The maximum absolute atomic E-state index is 12.7. The highest BCUT2D eigenvalue weighted by molar-refractivity contribution is 9.10. The molecule has 0 spiro atoms. The molecule has 1 atom stereocenters. The fourth-order valence-electron chi connectivity index (χ4n) is 3.78. The largest absolute Gasteiger partial charge is 0.376 e. The van der Waals surface area contributed by atoms with Crippen LogP contribution in [0.25, 0.3) is 0 Å². The van der Waals surface area contributed by atoms with Crippen molar-refractivity contribution in [2.75, 3.05) is 6.61 Å². The van der Waals surface area contributed by atoms with E-state index in [0.29, 0.717) is 6.54 Å². The Morgan fingerprint density at radius 1 is 1.19 bits per heavy atom. The van der Waals surface area contributed by atoms with E-state index >= 15 is 0 Å². The van der Waals surface area contributed by atoms with Gasteiger partial charge < -0.3 is 4.74 Å². The molecule has 4 rings (SSSR count). The number of hydrogen-bond acceptors (Lipinski definition) is 4. The molecule has 26 heavy (non-hydrogen) atoms. The maximum Gasteiger partial charge on any atom is 0.348 e. The summed E-state index contributed by atoms with van der Waals surface area (Å²) in [6, 6.07) is 8.33. The van der Waals surface area contributed by atoms with Gasteiger partial charge in [0.2, 0.25) is 0 Å². The fourth-order valence-corrected chi connectivity index (χ4v) is 5.08. The molecule has 2 heterocycles. The fraction of sp³-hybridized carbons (Fsp3) is 0.500. The number of ether oxygens (including phenoxy) is 1. The predicted molar refractivity (Wildman–Crippen MR) is 108 cm³/mol. The smallest absolute Gasteiger partial charge is 0.348 e. The van der Waals surface area contributed by atoms with Gasteiger partial charge in [0.1, 0.15) is 5.03 Å². The number of aromatic nitrogens is 2. The Morgan fingerprint density at radius 3 is 2.77 bits per heavy atom. The molecular formula is C20H23BrN2O2S. The third-order valence-electron chi connectivity index (χ3n) is 5.15. The van der Waals surface area contributed by atoms with Gasteiger partial charge >= 0.3 is 5.69 Å². The molecule has 138 valence electrons. The summed E-state index contributed by atoms with van der Waals surface area (Å²) in [5, 5.41) is 0.927. The lowest BCUT2D eigenvalue weighted by Crippen LogP contribution is -2.33. The van der Waals surface area contributed by atoms with Crippen LogP contribution in [-0.4, -0.2) is 22.3 Å². The normalized spacial score (nSPS) is 19.5. The van der Waals surface area contributed by atoms with Crippen LogP contribution in [0.3, 0.4) is 0 Å². The lowest BCUT2D eigenvalue weighted by Gasteiger charge is -2.24. The first kappa shape index (κ1) is 18.3. The number of halogens is 1. The van der Waals surface area contributed by atoms with Gasteiger partial charge in [-0.25, -0.2) is 4.79 Å².